The molecule has 0 atom stereocenters. The second-order valence-electron chi connectivity index (χ2n) is 8.18. The van der Waals surface area contributed by atoms with Crippen molar-refractivity contribution in [3.63, 3.8) is 0 Å². The fourth-order valence-corrected chi connectivity index (χ4v) is 5.84. The molecule has 28 heavy (non-hydrogen) atoms. The van der Waals surface area contributed by atoms with Crippen LogP contribution in [0.3, 0.4) is 0 Å². The average molecular weight is 402 g/mol. The van der Waals surface area contributed by atoms with Gasteiger partial charge in [0.05, 0.1) is 31.1 Å². The van der Waals surface area contributed by atoms with Crippen molar-refractivity contribution in [3.05, 3.63) is 58.1 Å². The number of aryl methyl sites for hydroxylation is 4. The van der Waals surface area contributed by atoms with Crippen LogP contribution in [0, 0.1) is 13.8 Å². The van der Waals surface area contributed by atoms with Gasteiger partial charge < -0.3 is 10.0 Å². The maximum absolute atomic E-state index is 13.1. The van der Waals surface area contributed by atoms with E-state index in [0.717, 1.165) is 50.0 Å². The molecule has 0 aromatic heterocycles. The van der Waals surface area contributed by atoms with E-state index < -0.39 is 10.0 Å². The van der Waals surface area contributed by atoms with Gasteiger partial charge in [0.15, 0.2) is 0 Å². The Labute approximate surface area is 167 Å². The van der Waals surface area contributed by atoms with Gasteiger partial charge in [0, 0.05) is 5.56 Å². The molecule has 0 amide bonds. The second-order valence-corrected chi connectivity index (χ2v) is 10.1. The number of rotatable bonds is 4. The van der Waals surface area contributed by atoms with Crippen LogP contribution in [0.2, 0.25) is 0 Å². The molecule has 1 heterocycles. The van der Waals surface area contributed by atoms with Crippen molar-refractivity contribution >= 4 is 10.0 Å². The van der Waals surface area contributed by atoms with E-state index in [-0.39, 0.29) is 0 Å². The molecule has 2 aliphatic rings. The van der Waals surface area contributed by atoms with Crippen LogP contribution in [0.1, 0.15) is 34.2 Å². The Morgan fingerprint density at radius 3 is 2.43 bits per heavy atom. The molecule has 5 nitrogen and oxygen atoms in total. The number of piperazine rings is 1. The van der Waals surface area contributed by atoms with Gasteiger partial charge in [-0.05, 0) is 79.6 Å². The Bertz CT molecular complexity index is 993. The first-order valence-corrected chi connectivity index (χ1v) is 11.5. The van der Waals surface area contributed by atoms with Crippen molar-refractivity contribution in [1.29, 1.82) is 0 Å². The molecule has 150 valence electrons. The lowest BCUT2D eigenvalue weighted by Gasteiger charge is -2.31. The number of nitrogens with zero attached hydrogens (tertiary/aromatic N) is 1. The van der Waals surface area contributed by atoms with E-state index in [9.17, 15) is 13.5 Å². The lowest BCUT2D eigenvalue weighted by Crippen LogP contribution is -3.13. The van der Waals surface area contributed by atoms with Gasteiger partial charge in [-0.1, -0.05) is 6.07 Å². The number of benzene rings is 2. The highest BCUT2D eigenvalue weighted by molar-refractivity contribution is 7.89. The molecule has 2 aromatic rings. The molecule has 0 saturated carbocycles. The first-order chi connectivity index (χ1) is 13.3. The van der Waals surface area contributed by atoms with Crippen LogP contribution in [0.4, 0.5) is 0 Å². The number of quaternary nitrogens is 1. The molecule has 2 N–H and O–H groups in total. The van der Waals surface area contributed by atoms with Crippen LogP contribution in [0.25, 0.3) is 0 Å². The van der Waals surface area contributed by atoms with Crippen molar-refractivity contribution in [2.24, 2.45) is 0 Å². The van der Waals surface area contributed by atoms with Crippen molar-refractivity contribution in [2.45, 2.75) is 44.6 Å². The predicted octanol–water partition coefficient (Wildman–Crippen LogP) is 1.59. The smallest absolute Gasteiger partial charge is 0.243 e. The van der Waals surface area contributed by atoms with Crippen LogP contribution >= 0.6 is 0 Å². The van der Waals surface area contributed by atoms with Gasteiger partial charge in [-0.2, -0.15) is 4.31 Å². The molecular formula is C22H29N2O3S+. The highest BCUT2D eigenvalue weighted by Crippen LogP contribution is 2.26. The zero-order chi connectivity index (χ0) is 19.9. The van der Waals surface area contributed by atoms with Gasteiger partial charge in [0.1, 0.15) is 12.3 Å². The monoisotopic (exact) mass is 401 g/mol. The Morgan fingerprint density at radius 2 is 1.68 bits per heavy atom. The summed E-state index contributed by atoms with van der Waals surface area (Å²) in [5.74, 6) is 0.337. The number of phenols is 1. The zero-order valence-corrected chi connectivity index (χ0v) is 17.5. The molecule has 1 saturated heterocycles. The highest BCUT2D eigenvalue weighted by atomic mass is 32.2. The lowest BCUT2D eigenvalue weighted by molar-refractivity contribution is -0.917. The van der Waals surface area contributed by atoms with Crippen LogP contribution < -0.4 is 4.90 Å². The summed E-state index contributed by atoms with van der Waals surface area (Å²) in [6.07, 6.45) is 3.16. The molecule has 2 aromatic carbocycles. The second kappa shape index (κ2) is 7.50. The summed E-state index contributed by atoms with van der Waals surface area (Å²) in [4.78, 5) is 1.74. The Kier molecular flexibility index (Phi) is 5.21. The molecule has 1 aliphatic carbocycles. The summed E-state index contributed by atoms with van der Waals surface area (Å²) in [6.45, 7) is 7.29. The third kappa shape index (κ3) is 3.69. The van der Waals surface area contributed by atoms with Gasteiger partial charge in [0.2, 0.25) is 10.0 Å². The molecule has 0 spiro atoms. The van der Waals surface area contributed by atoms with E-state index >= 15 is 0 Å². The van der Waals surface area contributed by atoms with Gasteiger partial charge in [-0.3, -0.25) is 0 Å². The number of fused-ring (bicyclic) bond motifs is 1. The highest BCUT2D eigenvalue weighted by Gasteiger charge is 2.31. The summed E-state index contributed by atoms with van der Waals surface area (Å²) < 4.78 is 27.7. The van der Waals surface area contributed by atoms with Gasteiger partial charge in [-0.25, -0.2) is 8.42 Å². The standard InChI is InChI=1S/C22H28N2O3S/c1-16-12-20(22(25)13-17(16)2)15-23-8-10-24(11-9-23)28(26,27)21-7-6-18-4-3-5-19(18)14-21/h6-7,12-14,25H,3-5,8-11,15H2,1-2H3/p+1. The maximum atomic E-state index is 13.1. The number of hydrogen-bond donors (Lipinski definition) is 2. The Morgan fingerprint density at radius 1 is 1.00 bits per heavy atom. The van der Waals surface area contributed by atoms with Gasteiger partial charge in [0.25, 0.3) is 0 Å². The quantitative estimate of drug-likeness (QED) is 0.818. The summed E-state index contributed by atoms with van der Waals surface area (Å²) in [5, 5.41) is 10.2. The Balaban J connectivity index is 1.43. The van der Waals surface area contributed by atoms with E-state index in [4.69, 9.17) is 0 Å². The molecule has 0 radical (unpaired) electrons. The van der Waals surface area contributed by atoms with E-state index in [0.29, 0.717) is 23.7 Å². The normalized spacial score (nSPS) is 18.4. The minimum atomic E-state index is -3.43. The number of aromatic hydroxyl groups is 1. The molecular weight excluding hydrogens is 372 g/mol. The maximum Gasteiger partial charge on any atom is 0.243 e. The zero-order valence-electron chi connectivity index (χ0n) is 16.7. The average Bonchev–Trinajstić information content (AvgIpc) is 3.14. The van der Waals surface area contributed by atoms with E-state index in [1.165, 1.54) is 21.6 Å². The number of nitrogens with one attached hydrogen (secondary N) is 1. The van der Waals surface area contributed by atoms with Gasteiger partial charge >= 0.3 is 0 Å². The third-order valence-corrected chi connectivity index (χ3v) is 8.17. The molecule has 1 aliphatic heterocycles. The first kappa shape index (κ1) is 19.4. The predicted molar refractivity (Wildman–Crippen MR) is 109 cm³/mol. The number of phenolic OH excluding ortho intramolecular Hbond substituents is 1. The fraction of sp³-hybridized carbons (Fsp3) is 0.455. The van der Waals surface area contributed by atoms with E-state index in [2.05, 4.69) is 6.92 Å². The van der Waals surface area contributed by atoms with Crippen molar-refractivity contribution < 1.29 is 18.4 Å². The van der Waals surface area contributed by atoms with Crippen molar-refractivity contribution in [3.8, 4) is 5.75 Å². The third-order valence-electron chi connectivity index (χ3n) is 6.27. The minimum absolute atomic E-state index is 0.337. The summed E-state index contributed by atoms with van der Waals surface area (Å²) in [5.41, 5.74) is 5.68. The molecule has 0 unspecified atom stereocenters. The molecule has 1 fully saturated rings. The van der Waals surface area contributed by atoms with Crippen LogP contribution in [0.15, 0.2) is 35.2 Å². The van der Waals surface area contributed by atoms with Crippen LogP contribution in [-0.4, -0.2) is 44.0 Å². The Hall–Kier alpha value is -1.89. The molecule has 0 bridgehead atoms. The molecule has 6 heteroatoms. The van der Waals surface area contributed by atoms with Crippen molar-refractivity contribution in [2.75, 3.05) is 26.2 Å². The van der Waals surface area contributed by atoms with E-state index in [1.807, 2.05) is 31.2 Å². The van der Waals surface area contributed by atoms with Crippen LogP contribution in [0.5, 0.6) is 5.75 Å². The van der Waals surface area contributed by atoms with Crippen LogP contribution in [-0.2, 0) is 29.4 Å². The topological polar surface area (TPSA) is 62.1 Å². The fourth-order valence-electron chi connectivity index (χ4n) is 4.35. The number of sulfonamides is 1. The summed E-state index contributed by atoms with van der Waals surface area (Å²) in [7, 11) is -3.43. The van der Waals surface area contributed by atoms with E-state index in [1.54, 1.807) is 10.4 Å². The lowest BCUT2D eigenvalue weighted by atomic mass is 10.0. The summed E-state index contributed by atoms with van der Waals surface area (Å²) >= 11 is 0. The first-order valence-electron chi connectivity index (χ1n) is 10.1. The number of hydrogen-bond acceptors (Lipinski definition) is 3. The van der Waals surface area contributed by atoms with Crippen molar-refractivity contribution in [1.82, 2.24) is 4.31 Å². The minimum Gasteiger partial charge on any atom is -0.507 e. The van der Waals surface area contributed by atoms with Gasteiger partial charge in [-0.15, -0.1) is 0 Å². The summed E-state index contributed by atoms with van der Waals surface area (Å²) in [6, 6.07) is 9.50. The molecule has 4 rings (SSSR count). The largest absolute Gasteiger partial charge is 0.507 e. The SMILES string of the molecule is Cc1cc(O)c(C[NH+]2CCN(S(=O)(=O)c3ccc4c(c3)CCC4)CC2)cc1C.